The van der Waals surface area contributed by atoms with E-state index < -0.39 is 0 Å². The second-order valence-electron chi connectivity index (χ2n) is 3.87. The minimum Gasteiger partial charge on any atom is -0.366 e. The number of rotatable bonds is 3. The van der Waals surface area contributed by atoms with Crippen LogP contribution in [-0.2, 0) is 6.54 Å². The number of nitrogens with zero attached hydrogens (tertiary/aromatic N) is 2. The molecule has 1 aromatic carbocycles. The minimum atomic E-state index is 0.507. The van der Waals surface area contributed by atoms with Gasteiger partial charge >= 0.3 is 0 Å². The van der Waals surface area contributed by atoms with Crippen molar-refractivity contribution in [3.63, 3.8) is 0 Å². The Morgan fingerprint density at radius 1 is 1.12 bits per heavy atom. The molecule has 0 saturated carbocycles. The molecule has 0 spiro atoms. The minimum absolute atomic E-state index is 0.507. The molecule has 1 aromatic heterocycles. The van der Waals surface area contributed by atoms with Gasteiger partial charge in [-0.25, -0.2) is 9.97 Å². The Balaban J connectivity index is 2.14. The van der Waals surface area contributed by atoms with E-state index in [2.05, 4.69) is 27.4 Å². The third-order valence-corrected chi connectivity index (χ3v) is 2.87. The van der Waals surface area contributed by atoms with Crippen LogP contribution in [0.3, 0.4) is 0 Å². The summed E-state index contributed by atoms with van der Waals surface area (Å²) in [5, 5.41) is 3.78. The molecule has 0 amide bonds. The molecule has 0 aliphatic heterocycles. The summed E-state index contributed by atoms with van der Waals surface area (Å²) in [6, 6.07) is 10.2. The molecule has 0 saturated heterocycles. The fourth-order valence-corrected chi connectivity index (χ4v) is 1.76. The number of halogens is 1. The number of aromatic nitrogens is 2. The molecule has 2 rings (SSSR count). The summed E-state index contributed by atoms with van der Waals surface area (Å²) in [6.07, 6.45) is 0. The van der Waals surface area contributed by atoms with Crippen LogP contribution in [0.5, 0.6) is 0 Å². The van der Waals surface area contributed by atoms with Crippen molar-refractivity contribution < 1.29 is 0 Å². The molecule has 88 valence electrons. The number of nitrogens with one attached hydrogen (secondary N) is 1. The average Bonchev–Trinajstić information content (AvgIpc) is 2.33. The van der Waals surface area contributed by atoms with E-state index in [0.29, 0.717) is 11.0 Å². The van der Waals surface area contributed by atoms with E-state index in [0.717, 1.165) is 17.9 Å². The van der Waals surface area contributed by atoms with Gasteiger partial charge in [-0.2, -0.15) is 0 Å². The van der Waals surface area contributed by atoms with Crippen molar-refractivity contribution in [2.45, 2.75) is 20.4 Å². The Morgan fingerprint density at radius 3 is 2.53 bits per heavy atom. The zero-order valence-corrected chi connectivity index (χ0v) is 10.6. The summed E-state index contributed by atoms with van der Waals surface area (Å²) in [7, 11) is 0. The lowest BCUT2D eigenvalue weighted by Gasteiger charge is -2.10. The molecule has 4 heteroatoms. The Morgan fingerprint density at radius 2 is 1.82 bits per heavy atom. The summed E-state index contributed by atoms with van der Waals surface area (Å²) in [6.45, 7) is 4.47. The molecule has 0 aliphatic rings. The van der Waals surface area contributed by atoms with E-state index in [4.69, 9.17) is 11.6 Å². The molecule has 1 N–H and O–H groups in total. The first-order chi connectivity index (χ1) is 8.16. The van der Waals surface area contributed by atoms with Crippen molar-refractivity contribution in [1.82, 2.24) is 9.97 Å². The van der Waals surface area contributed by atoms with Crippen LogP contribution in [0.1, 0.15) is 17.0 Å². The highest BCUT2D eigenvalue weighted by atomic mass is 35.5. The van der Waals surface area contributed by atoms with E-state index in [-0.39, 0.29) is 0 Å². The number of anilines is 1. The van der Waals surface area contributed by atoms with Gasteiger partial charge in [0.25, 0.3) is 0 Å². The lowest BCUT2D eigenvalue weighted by Crippen LogP contribution is -2.05. The van der Waals surface area contributed by atoms with Crippen molar-refractivity contribution in [2.24, 2.45) is 0 Å². The van der Waals surface area contributed by atoms with E-state index in [1.54, 1.807) is 0 Å². The summed E-state index contributed by atoms with van der Waals surface area (Å²) < 4.78 is 0. The summed E-state index contributed by atoms with van der Waals surface area (Å²) in [4.78, 5) is 8.45. The second-order valence-corrected chi connectivity index (χ2v) is 4.23. The van der Waals surface area contributed by atoms with Gasteiger partial charge in [-0.1, -0.05) is 41.9 Å². The lowest BCUT2D eigenvalue weighted by molar-refractivity contribution is 1.00. The van der Waals surface area contributed by atoms with Gasteiger partial charge in [-0.15, -0.1) is 0 Å². The van der Waals surface area contributed by atoms with Gasteiger partial charge in [0.15, 0.2) is 0 Å². The van der Waals surface area contributed by atoms with Gasteiger partial charge < -0.3 is 5.32 Å². The monoisotopic (exact) mass is 247 g/mol. The molecular weight excluding hydrogens is 234 g/mol. The first kappa shape index (κ1) is 11.9. The first-order valence-corrected chi connectivity index (χ1v) is 5.83. The predicted octanol–water partition coefficient (Wildman–Crippen LogP) is 3.36. The Kier molecular flexibility index (Phi) is 3.59. The predicted molar refractivity (Wildman–Crippen MR) is 70.3 cm³/mol. The molecule has 0 radical (unpaired) electrons. The smallest absolute Gasteiger partial charge is 0.137 e. The van der Waals surface area contributed by atoms with Gasteiger partial charge in [-0.05, 0) is 19.4 Å². The molecular formula is C13H14ClN3. The van der Waals surface area contributed by atoms with Crippen LogP contribution in [-0.4, -0.2) is 9.97 Å². The maximum Gasteiger partial charge on any atom is 0.137 e. The van der Waals surface area contributed by atoms with E-state index >= 15 is 0 Å². The fourth-order valence-electron chi connectivity index (χ4n) is 1.55. The molecule has 0 fully saturated rings. The highest BCUT2D eigenvalue weighted by Crippen LogP contribution is 2.20. The highest BCUT2D eigenvalue weighted by molar-refractivity contribution is 6.30. The van der Waals surface area contributed by atoms with E-state index in [9.17, 15) is 0 Å². The second kappa shape index (κ2) is 5.15. The first-order valence-electron chi connectivity index (χ1n) is 5.45. The van der Waals surface area contributed by atoms with Crippen molar-refractivity contribution >= 4 is 17.4 Å². The van der Waals surface area contributed by atoms with Gasteiger partial charge in [0.05, 0.1) is 0 Å². The maximum atomic E-state index is 6.01. The lowest BCUT2D eigenvalue weighted by atomic mass is 10.2. The Labute approximate surface area is 106 Å². The summed E-state index contributed by atoms with van der Waals surface area (Å²) in [5.74, 6) is 1.47. The van der Waals surface area contributed by atoms with Crippen LogP contribution < -0.4 is 5.32 Å². The molecule has 0 unspecified atom stereocenters. The summed E-state index contributed by atoms with van der Waals surface area (Å²) in [5.41, 5.74) is 2.09. The van der Waals surface area contributed by atoms with Gasteiger partial charge in [-0.3, -0.25) is 0 Å². The zero-order valence-electron chi connectivity index (χ0n) is 9.87. The van der Waals surface area contributed by atoms with E-state index in [1.807, 2.05) is 32.0 Å². The van der Waals surface area contributed by atoms with Crippen molar-refractivity contribution in [1.29, 1.82) is 0 Å². The van der Waals surface area contributed by atoms with Crippen molar-refractivity contribution in [2.75, 3.05) is 5.32 Å². The molecule has 0 bridgehead atoms. The quantitative estimate of drug-likeness (QED) is 0.846. The van der Waals surface area contributed by atoms with Crippen molar-refractivity contribution in [3.8, 4) is 0 Å². The number of hydrogen-bond acceptors (Lipinski definition) is 3. The average molecular weight is 248 g/mol. The SMILES string of the molecule is Cc1nc(Cl)c(C)c(NCc2ccccc2)n1. The number of benzene rings is 1. The standard InChI is InChI=1S/C13H14ClN3/c1-9-12(14)16-10(2)17-13(9)15-8-11-6-4-3-5-7-11/h3-7H,8H2,1-2H3,(H,15,16,17). The largest absolute Gasteiger partial charge is 0.366 e. The van der Waals surface area contributed by atoms with Crippen LogP contribution >= 0.6 is 11.6 Å². The van der Waals surface area contributed by atoms with Gasteiger partial charge in [0.1, 0.15) is 16.8 Å². The van der Waals surface area contributed by atoms with Crippen LogP contribution in [0.4, 0.5) is 5.82 Å². The Bertz CT molecular complexity index is 512. The molecule has 3 nitrogen and oxygen atoms in total. The zero-order chi connectivity index (χ0) is 12.3. The van der Waals surface area contributed by atoms with Crippen LogP contribution in [0.2, 0.25) is 5.15 Å². The highest BCUT2D eigenvalue weighted by Gasteiger charge is 2.06. The molecule has 0 atom stereocenters. The van der Waals surface area contributed by atoms with Gasteiger partial charge in [0.2, 0.25) is 0 Å². The third kappa shape index (κ3) is 2.94. The van der Waals surface area contributed by atoms with Crippen molar-refractivity contribution in [3.05, 3.63) is 52.4 Å². The maximum absolute atomic E-state index is 6.01. The van der Waals surface area contributed by atoms with Crippen LogP contribution in [0.15, 0.2) is 30.3 Å². The number of aryl methyl sites for hydroxylation is 1. The molecule has 0 aliphatic carbocycles. The van der Waals surface area contributed by atoms with Gasteiger partial charge in [0, 0.05) is 12.1 Å². The molecule has 17 heavy (non-hydrogen) atoms. The van der Waals surface area contributed by atoms with Crippen LogP contribution in [0, 0.1) is 13.8 Å². The third-order valence-electron chi connectivity index (χ3n) is 2.50. The van der Waals surface area contributed by atoms with E-state index in [1.165, 1.54) is 5.56 Å². The molecule has 2 aromatic rings. The molecule has 1 heterocycles. The van der Waals surface area contributed by atoms with Crippen LogP contribution in [0.25, 0.3) is 0 Å². The fraction of sp³-hybridized carbons (Fsp3) is 0.231. The Hall–Kier alpha value is -1.61. The number of hydrogen-bond donors (Lipinski definition) is 1. The normalized spacial score (nSPS) is 10.3. The topological polar surface area (TPSA) is 37.8 Å². The summed E-state index contributed by atoms with van der Waals surface area (Å²) >= 11 is 6.01.